The monoisotopic (exact) mass is 332 g/mol. The Morgan fingerprint density at radius 2 is 2.00 bits per heavy atom. The number of para-hydroxylation sites is 1. The number of carbonyl (C=O) groups is 1. The van der Waals surface area contributed by atoms with Crippen LogP contribution in [0.3, 0.4) is 0 Å². The van der Waals surface area contributed by atoms with Crippen molar-refractivity contribution in [1.29, 1.82) is 0 Å². The number of nitrogens with one attached hydrogen (secondary N) is 2. The number of ether oxygens (including phenoxy) is 1. The number of aryl methyl sites for hydroxylation is 2. The highest BCUT2D eigenvalue weighted by Gasteiger charge is 2.05. The highest BCUT2D eigenvalue weighted by atomic mass is 35.5. The van der Waals surface area contributed by atoms with Crippen molar-refractivity contribution in [2.75, 3.05) is 18.5 Å². The maximum Gasteiger partial charge on any atom is 0.319 e. The number of hydrogen-bond acceptors (Lipinski definition) is 2. The second-order valence-electron chi connectivity index (χ2n) is 5.15. The van der Waals surface area contributed by atoms with Crippen molar-refractivity contribution < 1.29 is 9.53 Å². The van der Waals surface area contributed by atoms with Gasteiger partial charge < -0.3 is 15.4 Å². The van der Waals surface area contributed by atoms with Gasteiger partial charge in [0.15, 0.2) is 0 Å². The molecule has 0 unspecified atom stereocenters. The Bertz CT molecular complexity index is 674. The van der Waals surface area contributed by atoms with E-state index in [0.717, 1.165) is 23.3 Å². The van der Waals surface area contributed by atoms with E-state index >= 15 is 0 Å². The number of hydrogen-bond donors (Lipinski definition) is 2. The Balaban J connectivity index is 1.78. The van der Waals surface area contributed by atoms with Gasteiger partial charge in [0.25, 0.3) is 0 Å². The largest absolute Gasteiger partial charge is 0.491 e. The highest BCUT2D eigenvalue weighted by molar-refractivity contribution is 6.31. The second-order valence-corrected chi connectivity index (χ2v) is 5.59. The molecule has 0 saturated heterocycles. The van der Waals surface area contributed by atoms with Gasteiger partial charge in [-0.15, -0.1) is 0 Å². The molecule has 0 atom stereocenters. The third-order valence-corrected chi connectivity index (χ3v) is 3.68. The molecule has 0 spiro atoms. The minimum atomic E-state index is -0.275. The Morgan fingerprint density at radius 1 is 1.22 bits per heavy atom. The van der Waals surface area contributed by atoms with Crippen LogP contribution in [0.5, 0.6) is 5.75 Å². The van der Waals surface area contributed by atoms with Crippen molar-refractivity contribution in [2.45, 2.75) is 20.3 Å². The first-order chi connectivity index (χ1) is 11.1. The molecule has 0 radical (unpaired) electrons. The molecule has 2 rings (SSSR count). The number of anilines is 1. The quantitative estimate of drug-likeness (QED) is 0.770. The third kappa shape index (κ3) is 5.18. The summed E-state index contributed by atoms with van der Waals surface area (Å²) in [5.74, 6) is 0.864. The van der Waals surface area contributed by atoms with Gasteiger partial charge in [0.05, 0.1) is 6.54 Å². The van der Waals surface area contributed by atoms with Crippen LogP contribution in [-0.4, -0.2) is 19.2 Å². The molecule has 0 aliphatic rings. The Hall–Kier alpha value is -2.20. The van der Waals surface area contributed by atoms with Crippen LogP contribution in [0.2, 0.25) is 5.02 Å². The minimum Gasteiger partial charge on any atom is -0.491 e. The van der Waals surface area contributed by atoms with Crippen LogP contribution in [0, 0.1) is 6.92 Å². The first kappa shape index (κ1) is 17.2. The molecule has 0 saturated carbocycles. The average molecular weight is 333 g/mol. The van der Waals surface area contributed by atoms with Crippen molar-refractivity contribution >= 4 is 23.3 Å². The zero-order valence-corrected chi connectivity index (χ0v) is 14.1. The summed E-state index contributed by atoms with van der Waals surface area (Å²) < 4.78 is 5.71. The molecule has 0 heterocycles. The van der Waals surface area contributed by atoms with E-state index in [0.29, 0.717) is 23.9 Å². The fourth-order valence-corrected chi connectivity index (χ4v) is 2.33. The lowest BCUT2D eigenvalue weighted by Crippen LogP contribution is -2.32. The molecule has 2 aromatic rings. The molecule has 5 heteroatoms. The molecule has 0 aliphatic carbocycles. The number of rotatable bonds is 6. The highest BCUT2D eigenvalue weighted by Crippen LogP contribution is 2.20. The number of benzene rings is 2. The van der Waals surface area contributed by atoms with E-state index in [9.17, 15) is 4.79 Å². The number of urea groups is 1. The standard InChI is InChI=1S/C18H21ClN2O2/c1-3-14-6-4-5-7-17(14)23-11-10-20-18(22)21-16-12-15(19)9-8-13(16)2/h4-9,12H,3,10-11H2,1-2H3,(H2,20,21,22). The Labute approximate surface area is 141 Å². The molecule has 0 aromatic heterocycles. The summed E-state index contributed by atoms with van der Waals surface area (Å²) in [6.45, 7) is 4.83. The van der Waals surface area contributed by atoms with Gasteiger partial charge in [-0.1, -0.05) is 42.8 Å². The topological polar surface area (TPSA) is 50.4 Å². The fourth-order valence-electron chi connectivity index (χ4n) is 2.16. The van der Waals surface area contributed by atoms with E-state index in [-0.39, 0.29) is 6.03 Å². The summed E-state index contributed by atoms with van der Waals surface area (Å²) in [5.41, 5.74) is 2.82. The summed E-state index contributed by atoms with van der Waals surface area (Å²) in [4.78, 5) is 11.9. The third-order valence-electron chi connectivity index (χ3n) is 3.45. The predicted molar refractivity (Wildman–Crippen MR) is 94.5 cm³/mol. The number of amides is 2. The van der Waals surface area contributed by atoms with Crippen molar-refractivity contribution in [2.24, 2.45) is 0 Å². The fraction of sp³-hybridized carbons (Fsp3) is 0.278. The summed E-state index contributed by atoms with van der Waals surface area (Å²) in [6.07, 6.45) is 0.915. The molecule has 0 aliphatic heterocycles. The van der Waals surface area contributed by atoms with Gasteiger partial charge in [-0.3, -0.25) is 0 Å². The van der Waals surface area contributed by atoms with Gasteiger partial charge >= 0.3 is 6.03 Å². The van der Waals surface area contributed by atoms with Crippen LogP contribution >= 0.6 is 11.6 Å². The van der Waals surface area contributed by atoms with Crippen molar-refractivity contribution in [1.82, 2.24) is 5.32 Å². The number of carbonyl (C=O) groups excluding carboxylic acids is 1. The number of halogens is 1. The van der Waals surface area contributed by atoms with Crippen molar-refractivity contribution in [3.63, 3.8) is 0 Å². The molecular formula is C18H21ClN2O2. The minimum absolute atomic E-state index is 0.275. The van der Waals surface area contributed by atoms with Crippen LogP contribution in [-0.2, 0) is 6.42 Å². The molecule has 0 fully saturated rings. The first-order valence-corrected chi connectivity index (χ1v) is 7.99. The Kier molecular flexibility index (Phi) is 6.29. The Morgan fingerprint density at radius 3 is 2.78 bits per heavy atom. The normalized spacial score (nSPS) is 10.2. The van der Waals surface area contributed by atoms with Gasteiger partial charge in [-0.2, -0.15) is 0 Å². The molecule has 2 amide bonds. The van der Waals surface area contributed by atoms with Crippen LogP contribution in [0.25, 0.3) is 0 Å². The van der Waals surface area contributed by atoms with Crippen LogP contribution < -0.4 is 15.4 Å². The van der Waals surface area contributed by atoms with Crippen molar-refractivity contribution in [3.8, 4) is 5.75 Å². The average Bonchev–Trinajstić information content (AvgIpc) is 2.55. The SMILES string of the molecule is CCc1ccccc1OCCNC(=O)Nc1cc(Cl)ccc1C. The van der Waals surface area contributed by atoms with E-state index < -0.39 is 0 Å². The van der Waals surface area contributed by atoms with Crippen LogP contribution in [0.15, 0.2) is 42.5 Å². The molecule has 0 bridgehead atoms. The van der Waals surface area contributed by atoms with E-state index in [1.54, 1.807) is 12.1 Å². The zero-order valence-electron chi connectivity index (χ0n) is 13.4. The maximum absolute atomic E-state index is 11.9. The lowest BCUT2D eigenvalue weighted by Gasteiger charge is -2.12. The molecule has 2 N–H and O–H groups in total. The lowest BCUT2D eigenvalue weighted by atomic mass is 10.1. The summed E-state index contributed by atoms with van der Waals surface area (Å²) in [5, 5.41) is 6.14. The van der Waals surface area contributed by atoms with Crippen LogP contribution in [0.4, 0.5) is 10.5 Å². The van der Waals surface area contributed by atoms with E-state index in [1.165, 1.54) is 0 Å². The van der Waals surface area contributed by atoms with Gasteiger partial charge in [0.2, 0.25) is 0 Å². The van der Waals surface area contributed by atoms with E-state index in [1.807, 2.05) is 37.3 Å². The first-order valence-electron chi connectivity index (χ1n) is 7.62. The smallest absolute Gasteiger partial charge is 0.319 e. The molecule has 2 aromatic carbocycles. The molecule has 122 valence electrons. The summed E-state index contributed by atoms with van der Waals surface area (Å²) >= 11 is 5.93. The molecular weight excluding hydrogens is 312 g/mol. The predicted octanol–water partition coefficient (Wildman–Crippen LogP) is 4.41. The molecule has 23 heavy (non-hydrogen) atoms. The molecule has 4 nitrogen and oxygen atoms in total. The van der Waals surface area contributed by atoms with Crippen LogP contribution in [0.1, 0.15) is 18.1 Å². The van der Waals surface area contributed by atoms with Gasteiger partial charge in [0, 0.05) is 10.7 Å². The van der Waals surface area contributed by atoms with Gasteiger partial charge in [0.1, 0.15) is 12.4 Å². The van der Waals surface area contributed by atoms with Crippen molar-refractivity contribution in [3.05, 3.63) is 58.6 Å². The summed E-state index contributed by atoms with van der Waals surface area (Å²) in [6, 6.07) is 13.0. The lowest BCUT2D eigenvalue weighted by molar-refractivity contribution is 0.247. The van der Waals surface area contributed by atoms with E-state index in [4.69, 9.17) is 16.3 Å². The summed E-state index contributed by atoms with van der Waals surface area (Å²) in [7, 11) is 0. The second kappa shape index (κ2) is 8.44. The maximum atomic E-state index is 11.9. The van der Waals surface area contributed by atoms with E-state index in [2.05, 4.69) is 17.6 Å². The zero-order chi connectivity index (χ0) is 16.7. The van der Waals surface area contributed by atoms with Gasteiger partial charge in [-0.05, 0) is 42.7 Å². The van der Waals surface area contributed by atoms with Gasteiger partial charge in [-0.25, -0.2) is 4.79 Å².